The van der Waals surface area contributed by atoms with Gasteiger partial charge in [0.1, 0.15) is 5.69 Å². The number of rotatable bonds is 7. The van der Waals surface area contributed by atoms with Crippen LogP contribution in [0.25, 0.3) is 0 Å². The van der Waals surface area contributed by atoms with Crippen molar-refractivity contribution in [1.29, 1.82) is 0 Å². The minimum atomic E-state index is -0.366. The second kappa shape index (κ2) is 6.51. The van der Waals surface area contributed by atoms with E-state index in [0.29, 0.717) is 18.1 Å². The zero-order chi connectivity index (χ0) is 14.6. The standard InChI is InChI=1S/C12H23N5O2/c1-9(2)16-12(13-7-6-8-15(4)5)11(17(18)19)10(3)14-16/h9,13H,6-8H2,1-5H3. The lowest BCUT2D eigenvalue weighted by atomic mass is 10.3. The van der Waals surface area contributed by atoms with Gasteiger partial charge in [-0.3, -0.25) is 10.1 Å². The molecule has 19 heavy (non-hydrogen) atoms. The first-order valence-corrected chi connectivity index (χ1v) is 6.46. The summed E-state index contributed by atoms with van der Waals surface area (Å²) in [4.78, 5) is 12.8. The molecular formula is C12H23N5O2. The van der Waals surface area contributed by atoms with Crippen LogP contribution in [0.4, 0.5) is 11.5 Å². The third-order valence-corrected chi connectivity index (χ3v) is 2.80. The molecule has 1 aromatic rings. The van der Waals surface area contributed by atoms with E-state index >= 15 is 0 Å². The van der Waals surface area contributed by atoms with E-state index in [9.17, 15) is 10.1 Å². The summed E-state index contributed by atoms with van der Waals surface area (Å²) in [5, 5.41) is 18.5. The van der Waals surface area contributed by atoms with E-state index in [1.165, 1.54) is 0 Å². The van der Waals surface area contributed by atoms with Gasteiger partial charge in [0.15, 0.2) is 0 Å². The number of nitro groups is 1. The smallest absolute Gasteiger partial charge is 0.333 e. The van der Waals surface area contributed by atoms with Gasteiger partial charge >= 0.3 is 5.69 Å². The van der Waals surface area contributed by atoms with E-state index in [-0.39, 0.29) is 16.7 Å². The molecule has 0 aliphatic heterocycles. The molecule has 1 N–H and O–H groups in total. The van der Waals surface area contributed by atoms with E-state index in [2.05, 4.69) is 15.3 Å². The Balaban J connectivity index is 2.86. The molecule has 108 valence electrons. The SMILES string of the molecule is Cc1nn(C(C)C)c(NCCCN(C)C)c1[N+](=O)[O-]. The Kier molecular flexibility index (Phi) is 5.29. The van der Waals surface area contributed by atoms with Crippen LogP contribution in [-0.4, -0.2) is 46.8 Å². The van der Waals surface area contributed by atoms with Crippen LogP contribution in [0.2, 0.25) is 0 Å². The summed E-state index contributed by atoms with van der Waals surface area (Å²) in [6.07, 6.45) is 0.923. The molecule has 0 spiro atoms. The van der Waals surface area contributed by atoms with Gasteiger partial charge in [0.2, 0.25) is 5.82 Å². The van der Waals surface area contributed by atoms with Crippen LogP contribution < -0.4 is 5.32 Å². The number of aryl methyl sites for hydroxylation is 1. The third-order valence-electron chi connectivity index (χ3n) is 2.80. The van der Waals surface area contributed by atoms with Crippen LogP contribution in [-0.2, 0) is 0 Å². The summed E-state index contributed by atoms with van der Waals surface area (Å²) in [7, 11) is 4.01. The van der Waals surface area contributed by atoms with Crippen molar-refractivity contribution in [3.05, 3.63) is 15.8 Å². The van der Waals surface area contributed by atoms with Crippen molar-refractivity contribution in [3.63, 3.8) is 0 Å². The Morgan fingerprint density at radius 3 is 2.58 bits per heavy atom. The zero-order valence-electron chi connectivity index (χ0n) is 12.3. The lowest BCUT2D eigenvalue weighted by molar-refractivity contribution is -0.384. The van der Waals surface area contributed by atoms with Crippen LogP contribution in [0, 0.1) is 17.0 Å². The number of hydrogen-bond acceptors (Lipinski definition) is 5. The lowest BCUT2D eigenvalue weighted by Gasteiger charge is -2.13. The highest BCUT2D eigenvalue weighted by Gasteiger charge is 2.25. The van der Waals surface area contributed by atoms with Gasteiger partial charge in [0, 0.05) is 12.6 Å². The molecule has 0 atom stereocenters. The molecule has 0 aliphatic rings. The van der Waals surface area contributed by atoms with Gasteiger partial charge in [-0.2, -0.15) is 5.10 Å². The molecule has 0 aromatic carbocycles. The van der Waals surface area contributed by atoms with Crippen molar-refractivity contribution in [1.82, 2.24) is 14.7 Å². The van der Waals surface area contributed by atoms with Crippen LogP contribution in [0.3, 0.4) is 0 Å². The first kappa shape index (κ1) is 15.4. The molecule has 7 nitrogen and oxygen atoms in total. The quantitative estimate of drug-likeness (QED) is 0.465. The van der Waals surface area contributed by atoms with Gasteiger partial charge in [-0.15, -0.1) is 0 Å². The highest BCUT2D eigenvalue weighted by Crippen LogP contribution is 2.30. The van der Waals surface area contributed by atoms with Gasteiger partial charge in [-0.1, -0.05) is 0 Å². The van der Waals surface area contributed by atoms with Crippen molar-refractivity contribution < 1.29 is 4.92 Å². The average molecular weight is 269 g/mol. The Hall–Kier alpha value is -1.63. The van der Waals surface area contributed by atoms with E-state index in [4.69, 9.17) is 0 Å². The van der Waals surface area contributed by atoms with Crippen LogP contribution in [0.1, 0.15) is 32.0 Å². The fourth-order valence-electron chi connectivity index (χ4n) is 1.90. The van der Waals surface area contributed by atoms with Gasteiger partial charge in [0.05, 0.1) is 4.92 Å². The predicted molar refractivity (Wildman–Crippen MR) is 75.7 cm³/mol. The average Bonchev–Trinajstić information content (AvgIpc) is 2.61. The van der Waals surface area contributed by atoms with E-state index in [1.807, 2.05) is 27.9 Å². The maximum atomic E-state index is 11.1. The third kappa shape index (κ3) is 3.92. The minimum Gasteiger partial charge on any atom is -0.364 e. The maximum Gasteiger partial charge on any atom is 0.333 e. The predicted octanol–water partition coefficient (Wildman–Crippen LogP) is 2.04. The molecule has 0 unspecified atom stereocenters. The second-order valence-corrected chi connectivity index (χ2v) is 5.16. The molecule has 0 saturated heterocycles. The summed E-state index contributed by atoms with van der Waals surface area (Å²) >= 11 is 0. The Labute approximate surface area is 113 Å². The summed E-state index contributed by atoms with van der Waals surface area (Å²) in [6.45, 7) is 7.22. The van der Waals surface area contributed by atoms with Crippen LogP contribution >= 0.6 is 0 Å². The molecule has 0 radical (unpaired) electrons. The second-order valence-electron chi connectivity index (χ2n) is 5.16. The van der Waals surface area contributed by atoms with Crippen molar-refractivity contribution >= 4 is 11.5 Å². The van der Waals surface area contributed by atoms with Crippen molar-refractivity contribution in [2.45, 2.75) is 33.2 Å². The fourth-order valence-corrected chi connectivity index (χ4v) is 1.90. The lowest BCUT2D eigenvalue weighted by Crippen LogP contribution is -2.18. The first-order chi connectivity index (χ1) is 8.84. The molecule has 0 saturated carbocycles. The first-order valence-electron chi connectivity index (χ1n) is 6.46. The zero-order valence-corrected chi connectivity index (χ0v) is 12.3. The molecule has 7 heteroatoms. The number of nitrogens with zero attached hydrogens (tertiary/aromatic N) is 4. The Morgan fingerprint density at radius 1 is 1.47 bits per heavy atom. The maximum absolute atomic E-state index is 11.1. The van der Waals surface area contributed by atoms with Gasteiger partial charge in [-0.05, 0) is 47.8 Å². The molecular weight excluding hydrogens is 246 g/mol. The number of hydrogen-bond donors (Lipinski definition) is 1. The van der Waals surface area contributed by atoms with Crippen LogP contribution in [0.15, 0.2) is 0 Å². The fraction of sp³-hybridized carbons (Fsp3) is 0.750. The number of nitrogens with one attached hydrogen (secondary N) is 1. The van der Waals surface area contributed by atoms with E-state index < -0.39 is 0 Å². The molecule has 1 aromatic heterocycles. The molecule has 0 bridgehead atoms. The van der Waals surface area contributed by atoms with Crippen LogP contribution in [0.5, 0.6) is 0 Å². The monoisotopic (exact) mass is 269 g/mol. The molecule has 0 amide bonds. The van der Waals surface area contributed by atoms with Crippen molar-refractivity contribution in [3.8, 4) is 0 Å². The number of aromatic nitrogens is 2. The highest BCUT2D eigenvalue weighted by molar-refractivity contribution is 5.59. The van der Waals surface area contributed by atoms with Gasteiger partial charge < -0.3 is 10.2 Å². The summed E-state index contributed by atoms with van der Waals surface area (Å²) < 4.78 is 1.68. The summed E-state index contributed by atoms with van der Waals surface area (Å²) in [5.74, 6) is 0.510. The van der Waals surface area contributed by atoms with Gasteiger partial charge in [0.25, 0.3) is 0 Å². The topological polar surface area (TPSA) is 76.2 Å². The number of anilines is 1. The van der Waals surface area contributed by atoms with Crippen molar-refractivity contribution in [2.75, 3.05) is 32.5 Å². The summed E-state index contributed by atoms with van der Waals surface area (Å²) in [6, 6.07) is 0.0868. The Morgan fingerprint density at radius 2 is 2.11 bits per heavy atom. The van der Waals surface area contributed by atoms with E-state index in [1.54, 1.807) is 11.6 Å². The molecule has 0 fully saturated rings. The summed E-state index contributed by atoms with van der Waals surface area (Å²) in [5.41, 5.74) is 0.535. The molecule has 0 aliphatic carbocycles. The largest absolute Gasteiger partial charge is 0.364 e. The molecule has 1 rings (SSSR count). The highest BCUT2D eigenvalue weighted by atomic mass is 16.6. The Bertz CT molecular complexity index is 440. The van der Waals surface area contributed by atoms with Gasteiger partial charge in [-0.25, -0.2) is 4.68 Å². The normalized spacial score (nSPS) is 11.3. The molecule has 1 heterocycles. The van der Waals surface area contributed by atoms with Crippen molar-refractivity contribution in [2.24, 2.45) is 0 Å². The minimum absolute atomic E-state index is 0.0820. The van der Waals surface area contributed by atoms with E-state index in [0.717, 1.165) is 13.0 Å².